The summed E-state index contributed by atoms with van der Waals surface area (Å²) in [6, 6.07) is 0. The standard InChI is InChI=1S/C23H34O8/c1-11(2)10-28-17-16-12(3)21(26)31-18(16)20(30-14(5)25)23(7)15(29-13(4)24)8-9-22(6,27)19(17)23/h11,15-20,27H,3,8-10H2,1-2,4-7H3/t15-,16-,17-,18-,19-,20-,22-,23+/m0/s1. The molecule has 0 aromatic heterocycles. The third-order valence-electron chi connectivity index (χ3n) is 7.03. The quantitative estimate of drug-likeness (QED) is 0.395. The van der Waals surface area contributed by atoms with Crippen molar-refractivity contribution in [2.75, 3.05) is 6.61 Å². The smallest absolute Gasteiger partial charge is 0.334 e. The van der Waals surface area contributed by atoms with E-state index >= 15 is 0 Å². The molecule has 1 N–H and O–H groups in total. The molecule has 1 heterocycles. The van der Waals surface area contributed by atoms with Crippen LogP contribution in [-0.2, 0) is 33.3 Å². The van der Waals surface area contributed by atoms with Crippen molar-refractivity contribution < 1.29 is 38.4 Å². The Hall–Kier alpha value is -1.93. The van der Waals surface area contributed by atoms with Crippen LogP contribution < -0.4 is 0 Å². The van der Waals surface area contributed by atoms with Gasteiger partial charge < -0.3 is 24.1 Å². The van der Waals surface area contributed by atoms with Crippen LogP contribution in [0.1, 0.15) is 54.4 Å². The number of ether oxygens (including phenoxy) is 4. The lowest BCUT2D eigenvalue weighted by Crippen LogP contribution is -2.72. The largest absolute Gasteiger partial charge is 0.462 e. The van der Waals surface area contributed by atoms with Crippen molar-refractivity contribution in [2.45, 2.75) is 84.4 Å². The number of hydrogen-bond donors (Lipinski definition) is 1. The minimum atomic E-state index is -1.22. The van der Waals surface area contributed by atoms with Gasteiger partial charge in [0, 0.05) is 31.9 Å². The Morgan fingerprint density at radius 3 is 2.39 bits per heavy atom. The Bertz CT molecular complexity index is 772. The van der Waals surface area contributed by atoms with E-state index in [1.165, 1.54) is 13.8 Å². The molecule has 2 aliphatic carbocycles. The average Bonchev–Trinajstić information content (AvgIpc) is 2.92. The van der Waals surface area contributed by atoms with Crippen LogP contribution in [0.25, 0.3) is 0 Å². The topological polar surface area (TPSA) is 108 Å². The lowest BCUT2D eigenvalue weighted by molar-refractivity contribution is -0.284. The van der Waals surface area contributed by atoms with Crippen molar-refractivity contribution in [1.82, 2.24) is 0 Å². The highest BCUT2D eigenvalue weighted by molar-refractivity contribution is 5.91. The van der Waals surface area contributed by atoms with Crippen LogP contribution in [0.2, 0.25) is 0 Å². The maximum absolute atomic E-state index is 12.5. The lowest BCUT2D eigenvalue weighted by atomic mass is 9.49. The van der Waals surface area contributed by atoms with Gasteiger partial charge >= 0.3 is 17.9 Å². The summed E-state index contributed by atoms with van der Waals surface area (Å²) in [6.07, 6.45) is -2.32. The first-order valence-electron chi connectivity index (χ1n) is 10.9. The molecule has 8 atom stereocenters. The summed E-state index contributed by atoms with van der Waals surface area (Å²) in [6.45, 7) is 14.5. The molecule has 1 aliphatic heterocycles. The Morgan fingerprint density at radius 2 is 1.84 bits per heavy atom. The van der Waals surface area contributed by atoms with Crippen LogP contribution in [0.15, 0.2) is 12.2 Å². The SMILES string of the molecule is C=C1C(=O)O[C@H]2[C@@H]1[C@H](OCC(C)C)[C@@H]1[C@@](C)([C@@H](OC(C)=O)CC[C@]1(C)O)[C@H]2OC(C)=O. The Kier molecular flexibility index (Phi) is 6.28. The number of rotatable bonds is 5. The predicted molar refractivity (Wildman–Crippen MR) is 110 cm³/mol. The minimum Gasteiger partial charge on any atom is -0.462 e. The summed E-state index contributed by atoms with van der Waals surface area (Å²) in [7, 11) is 0. The van der Waals surface area contributed by atoms with E-state index < -0.39 is 65.2 Å². The van der Waals surface area contributed by atoms with Crippen LogP contribution in [-0.4, -0.2) is 59.6 Å². The monoisotopic (exact) mass is 438 g/mol. The maximum Gasteiger partial charge on any atom is 0.334 e. The second-order valence-electron chi connectivity index (χ2n) is 9.98. The van der Waals surface area contributed by atoms with Gasteiger partial charge in [0.15, 0.2) is 0 Å². The molecule has 0 radical (unpaired) electrons. The van der Waals surface area contributed by atoms with Gasteiger partial charge in [-0.1, -0.05) is 27.4 Å². The number of hydrogen-bond acceptors (Lipinski definition) is 8. The highest BCUT2D eigenvalue weighted by Crippen LogP contribution is 2.60. The molecule has 1 saturated heterocycles. The number of esters is 3. The molecular formula is C23H34O8. The van der Waals surface area contributed by atoms with E-state index in [1.54, 1.807) is 6.92 Å². The molecule has 0 amide bonds. The first kappa shape index (κ1) is 23.7. The summed E-state index contributed by atoms with van der Waals surface area (Å²) < 4.78 is 23.4. The summed E-state index contributed by atoms with van der Waals surface area (Å²) in [5, 5.41) is 11.5. The summed E-state index contributed by atoms with van der Waals surface area (Å²) in [4.78, 5) is 36.5. The molecule has 3 aliphatic rings. The van der Waals surface area contributed by atoms with Crippen LogP contribution >= 0.6 is 0 Å². The summed E-state index contributed by atoms with van der Waals surface area (Å²) in [5.41, 5.74) is -2.03. The molecule has 0 aromatic rings. The van der Waals surface area contributed by atoms with E-state index in [-0.39, 0.29) is 11.5 Å². The molecule has 8 nitrogen and oxygen atoms in total. The van der Waals surface area contributed by atoms with Crippen molar-refractivity contribution in [3.63, 3.8) is 0 Å². The number of fused-ring (bicyclic) bond motifs is 2. The van der Waals surface area contributed by atoms with Crippen LogP contribution in [0.4, 0.5) is 0 Å². The second-order valence-corrected chi connectivity index (χ2v) is 9.98. The fourth-order valence-corrected chi connectivity index (χ4v) is 5.89. The van der Waals surface area contributed by atoms with Crippen LogP contribution in [0.3, 0.4) is 0 Å². The zero-order valence-corrected chi connectivity index (χ0v) is 19.2. The average molecular weight is 439 g/mol. The van der Waals surface area contributed by atoms with E-state index in [0.717, 1.165) is 0 Å². The van der Waals surface area contributed by atoms with Crippen molar-refractivity contribution in [3.05, 3.63) is 12.2 Å². The van der Waals surface area contributed by atoms with Gasteiger partial charge in [-0.15, -0.1) is 0 Å². The summed E-state index contributed by atoms with van der Waals surface area (Å²) >= 11 is 0. The minimum absolute atomic E-state index is 0.208. The van der Waals surface area contributed by atoms with Crippen molar-refractivity contribution >= 4 is 17.9 Å². The molecule has 0 bridgehead atoms. The Morgan fingerprint density at radius 1 is 1.23 bits per heavy atom. The second kappa shape index (κ2) is 8.20. The van der Waals surface area contributed by atoms with Crippen LogP contribution in [0, 0.1) is 23.2 Å². The van der Waals surface area contributed by atoms with Crippen molar-refractivity contribution in [1.29, 1.82) is 0 Å². The van der Waals surface area contributed by atoms with Gasteiger partial charge in [-0.2, -0.15) is 0 Å². The van der Waals surface area contributed by atoms with Gasteiger partial charge in [-0.25, -0.2) is 4.79 Å². The fourth-order valence-electron chi connectivity index (χ4n) is 5.89. The third kappa shape index (κ3) is 4.00. The molecule has 3 rings (SSSR count). The molecular weight excluding hydrogens is 404 g/mol. The first-order valence-corrected chi connectivity index (χ1v) is 10.9. The van der Waals surface area contributed by atoms with E-state index in [0.29, 0.717) is 19.4 Å². The molecule has 0 aromatic carbocycles. The lowest BCUT2D eigenvalue weighted by Gasteiger charge is -2.62. The summed E-state index contributed by atoms with van der Waals surface area (Å²) in [5.74, 6) is -2.57. The van der Waals surface area contributed by atoms with Gasteiger partial charge in [0.25, 0.3) is 0 Å². The van der Waals surface area contributed by atoms with E-state index in [1.807, 2.05) is 20.8 Å². The molecule has 2 saturated carbocycles. The van der Waals surface area contributed by atoms with Gasteiger partial charge in [-0.3, -0.25) is 9.59 Å². The van der Waals surface area contributed by atoms with Crippen molar-refractivity contribution in [2.24, 2.45) is 23.2 Å². The van der Waals surface area contributed by atoms with Gasteiger partial charge in [-0.05, 0) is 25.7 Å². The van der Waals surface area contributed by atoms with Gasteiger partial charge in [0.2, 0.25) is 0 Å². The molecule has 0 unspecified atom stereocenters. The zero-order chi connectivity index (χ0) is 23.3. The molecule has 3 fully saturated rings. The van der Waals surface area contributed by atoms with Gasteiger partial charge in [0.05, 0.1) is 23.0 Å². The van der Waals surface area contributed by atoms with E-state index in [2.05, 4.69) is 6.58 Å². The normalized spacial score (nSPS) is 41.9. The van der Waals surface area contributed by atoms with Crippen LogP contribution in [0.5, 0.6) is 0 Å². The molecule has 174 valence electrons. The zero-order valence-electron chi connectivity index (χ0n) is 19.2. The van der Waals surface area contributed by atoms with E-state index in [4.69, 9.17) is 18.9 Å². The molecule has 0 spiro atoms. The molecule has 8 heteroatoms. The molecule has 31 heavy (non-hydrogen) atoms. The number of carbonyl (C=O) groups is 3. The van der Waals surface area contributed by atoms with E-state index in [9.17, 15) is 19.5 Å². The Balaban J connectivity index is 2.19. The Labute approximate surface area is 183 Å². The predicted octanol–water partition coefficient (Wildman–Crippen LogP) is 2.17. The first-order chi connectivity index (χ1) is 14.3. The van der Waals surface area contributed by atoms with Gasteiger partial charge in [0.1, 0.15) is 18.3 Å². The third-order valence-corrected chi connectivity index (χ3v) is 7.03. The number of carbonyl (C=O) groups excluding carboxylic acids is 3. The highest BCUT2D eigenvalue weighted by Gasteiger charge is 2.71. The highest BCUT2D eigenvalue weighted by atomic mass is 16.6. The van der Waals surface area contributed by atoms with Crippen molar-refractivity contribution in [3.8, 4) is 0 Å². The number of aliphatic hydroxyl groups is 1. The fraction of sp³-hybridized carbons (Fsp3) is 0.783. The maximum atomic E-state index is 12.5.